The van der Waals surface area contributed by atoms with Gasteiger partial charge in [0.25, 0.3) is 5.91 Å². The Hall–Kier alpha value is -2.54. The second kappa shape index (κ2) is 4.99. The highest BCUT2D eigenvalue weighted by molar-refractivity contribution is 6.32. The fourth-order valence-corrected chi connectivity index (χ4v) is 2.71. The van der Waals surface area contributed by atoms with Crippen LogP contribution in [-0.2, 0) is 11.0 Å². The smallest absolute Gasteiger partial charge is 0.417 e. The van der Waals surface area contributed by atoms with Crippen LogP contribution in [0.25, 0.3) is 23.0 Å². The molecule has 0 atom stereocenters. The standard InChI is InChI=1S/C15H6ClF3NO3/c16-12-4-8-7(3-11(12)15(17,18)19)9(14(22)23)1-6-2-13(21)20-5-10(6)8/h1-5H,(H,22,23). The molecule has 0 unspecified atom stereocenters. The summed E-state index contributed by atoms with van der Waals surface area (Å²) in [4.78, 5) is 22.7. The fraction of sp³-hybridized carbons (Fsp3) is 0.0667. The van der Waals surface area contributed by atoms with Crippen LogP contribution in [0.4, 0.5) is 13.2 Å². The van der Waals surface area contributed by atoms with Crippen molar-refractivity contribution in [1.29, 1.82) is 0 Å². The highest BCUT2D eigenvalue weighted by atomic mass is 35.5. The Labute approximate surface area is 131 Å². The summed E-state index contributed by atoms with van der Waals surface area (Å²) in [5.74, 6) is -1.98. The number of rotatable bonds is 1. The summed E-state index contributed by atoms with van der Waals surface area (Å²) in [6, 6.07) is 2.89. The normalized spacial score (nSPS) is 13.8. The molecule has 0 bridgehead atoms. The molecule has 2 aromatic carbocycles. The molecule has 0 saturated heterocycles. The Kier molecular flexibility index (Phi) is 3.33. The first-order chi connectivity index (χ1) is 10.7. The van der Waals surface area contributed by atoms with E-state index in [0.29, 0.717) is 11.3 Å². The molecule has 1 aliphatic heterocycles. The molecule has 0 aromatic heterocycles. The third kappa shape index (κ3) is 2.53. The van der Waals surface area contributed by atoms with Crippen LogP contribution in [0.2, 0.25) is 5.02 Å². The molecule has 0 fully saturated rings. The van der Waals surface area contributed by atoms with Crippen LogP contribution >= 0.6 is 11.6 Å². The Morgan fingerprint density at radius 3 is 2.48 bits per heavy atom. The van der Waals surface area contributed by atoms with Gasteiger partial charge in [0.05, 0.1) is 16.1 Å². The summed E-state index contributed by atoms with van der Waals surface area (Å²) in [5, 5.41) is 13.0. The van der Waals surface area contributed by atoms with Crippen LogP contribution in [-0.4, -0.2) is 17.0 Å². The zero-order chi connectivity index (χ0) is 16.9. The van der Waals surface area contributed by atoms with E-state index in [4.69, 9.17) is 11.6 Å². The van der Waals surface area contributed by atoms with Gasteiger partial charge in [-0.25, -0.2) is 10.1 Å². The van der Waals surface area contributed by atoms with Crippen molar-refractivity contribution in [3.63, 3.8) is 0 Å². The van der Waals surface area contributed by atoms with Gasteiger partial charge < -0.3 is 5.11 Å². The molecule has 23 heavy (non-hydrogen) atoms. The number of carbonyl (C=O) groups excluding carboxylic acids is 1. The van der Waals surface area contributed by atoms with E-state index in [0.717, 1.165) is 18.2 Å². The molecular weight excluding hydrogens is 335 g/mol. The molecule has 1 radical (unpaired) electrons. The summed E-state index contributed by atoms with van der Waals surface area (Å²) >= 11 is 5.70. The van der Waals surface area contributed by atoms with Gasteiger partial charge in [0.2, 0.25) is 0 Å². The first-order valence-electron chi connectivity index (χ1n) is 6.22. The molecular formula is C15H6ClF3NO3. The SMILES string of the molecule is O=C1C=c2cc(C(=O)O)c3cc(C(F)(F)F)c(Cl)cc3c2=C[N]1. The maximum Gasteiger partial charge on any atom is 0.417 e. The van der Waals surface area contributed by atoms with Gasteiger partial charge in [0, 0.05) is 17.5 Å². The quantitative estimate of drug-likeness (QED) is 0.861. The lowest BCUT2D eigenvalue weighted by Gasteiger charge is -2.13. The lowest BCUT2D eigenvalue weighted by Crippen LogP contribution is -2.34. The molecule has 0 spiro atoms. The lowest BCUT2D eigenvalue weighted by molar-refractivity contribution is -0.137. The molecule has 3 rings (SSSR count). The molecule has 1 N–H and O–H groups in total. The number of alkyl halides is 3. The summed E-state index contributed by atoms with van der Waals surface area (Å²) in [7, 11) is 0. The van der Waals surface area contributed by atoms with E-state index in [2.05, 4.69) is 5.32 Å². The number of carbonyl (C=O) groups is 2. The Balaban J connectivity index is 2.54. The van der Waals surface area contributed by atoms with Crippen molar-refractivity contribution in [3.05, 3.63) is 44.8 Å². The molecule has 117 valence electrons. The summed E-state index contributed by atoms with van der Waals surface area (Å²) in [6.07, 6.45) is -2.41. The van der Waals surface area contributed by atoms with Gasteiger partial charge in [-0.3, -0.25) is 4.79 Å². The van der Waals surface area contributed by atoms with E-state index in [9.17, 15) is 27.9 Å². The topological polar surface area (TPSA) is 68.5 Å². The minimum Gasteiger partial charge on any atom is -0.478 e. The van der Waals surface area contributed by atoms with E-state index < -0.39 is 28.6 Å². The molecule has 8 heteroatoms. The number of hydrogen-bond donors (Lipinski definition) is 1. The number of aromatic carboxylic acids is 1. The molecule has 1 heterocycles. The third-order valence-electron chi connectivity index (χ3n) is 3.43. The second-order valence-electron chi connectivity index (χ2n) is 4.85. The summed E-state index contributed by atoms with van der Waals surface area (Å²) in [5.41, 5.74) is -1.47. The Morgan fingerprint density at radius 2 is 1.87 bits per heavy atom. The minimum atomic E-state index is -4.72. The van der Waals surface area contributed by atoms with Gasteiger partial charge in [0.15, 0.2) is 0 Å². The van der Waals surface area contributed by atoms with Crippen LogP contribution in [0, 0.1) is 0 Å². The molecule has 1 amide bonds. The van der Waals surface area contributed by atoms with Gasteiger partial charge >= 0.3 is 12.1 Å². The van der Waals surface area contributed by atoms with Crippen molar-refractivity contribution in [2.75, 3.05) is 0 Å². The average molecular weight is 341 g/mol. The predicted octanol–water partition coefficient (Wildman–Crippen LogP) is 1.87. The fourth-order valence-electron chi connectivity index (χ4n) is 2.44. The maximum absolute atomic E-state index is 13.0. The van der Waals surface area contributed by atoms with E-state index in [1.54, 1.807) is 0 Å². The van der Waals surface area contributed by atoms with Crippen molar-refractivity contribution < 1.29 is 27.9 Å². The highest BCUT2D eigenvalue weighted by Gasteiger charge is 2.34. The highest BCUT2D eigenvalue weighted by Crippen LogP contribution is 2.37. The number of hydrogen-bond acceptors (Lipinski definition) is 2. The molecule has 0 saturated carbocycles. The zero-order valence-corrected chi connectivity index (χ0v) is 11.9. The molecule has 4 nitrogen and oxygen atoms in total. The first kappa shape index (κ1) is 15.4. The van der Waals surface area contributed by atoms with Crippen LogP contribution < -0.4 is 15.8 Å². The minimum absolute atomic E-state index is 0.123. The molecule has 0 aliphatic carbocycles. The van der Waals surface area contributed by atoms with Crippen LogP contribution in [0.15, 0.2) is 18.2 Å². The van der Waals surface area contributed by atoms with Gasteiger partial charge in [-0.2, -0.15) is 13.2 Å². The molecule has 1 aliphatic rings. The number of halogens is 4. The van der Waals surface area contributed by atoms with Crippen LogP contribution in [0.5, 0.6) is 0 Å². The van der Waals surface area contributed by atoms with Gasteiger partial charge in [0.1, 0.15) is 0 Å². The lowest BCUT2D eigenvalue weighted by atomic mass is 9.97. The van der Waals surface area contributed by atoms with Gasteiger partial charge in [-0.1, -0.05) is 11.6 Å². The third-order valence-corrected chi connectivity index (χ3v) is 3.75. The van der Waals surface area contributed by atoms with Crippen molar-refractivity contribution >= 4 is 46.5 Å². The summed E-state index contributed by atoms with van der Waals surface area (Å²) in [6.45, 7) is 0. The first-order valence-corrected chi connectivity index (χ1v) is 6.60. The Bertz CT molecular complexity index is 996. The number of nitrogens with zero attached hydrogens (tertiary/aromatic N) is 1. The van der Waals surface area contributed by atoms with Crippen molar-refractivity contribution in [2.45, 2.75) is 6.18 Å². The maximum atomic E-state index is 13.0. The van der Waals surface area contributed by atoms with E-state index in [-0.39, 0.29) is 21.6 Å². The van der Waals surface area contributed by atoms with E-state index >= 15 is 0 Å². The number of amides is 1. The van der Waals surface area contributed by atoms with Crippen molar-refractivity contribution in [3.8, 4) is 0 Å². The molecule has 2 aromatic rings. The second-order valence-corrected chi connectivity index (χ2v) is 5.26. The largest absolute Gasteiger partial charge is 0.478 e. The number of fused-ring (bicyclic) bond motifs is 3. The number of carboxylic acids is 1. The number of carboxylic acid groups (broad SMARTS) is 1. The monoisotopic (exact) mass is 340 g/mol. The van der Waals surface area contributed by atoms with Crippen molar-refractivity contribution in [2.24, 2.45) is 0 Å². The zero-order valence-electron chi connectivity index (χ0n) is 11.1. The van der Waals surface area contributed by atoms with Gasteiger partial charge in [-0.05, 0) is 34.2 Å². The van der Waals surface area contributed by atoms with Crippen LogP contribution in [0.1, 0.15) is 15.9 Å². The van der Waals surface area contributed by atoms with E-state index in [1.165, 1.54) is 6.20 Å². The Morgan fingerprint density at radius 1 is 1.17 bits per heavy atom. The van der Waals surface area contributed by atoms with E-state index in [1.807, 2.05) is 0 Å². The number of benzene rings is 2. The average Bonchev–Trinajstić information content (AvgIpc) is 2.43. The predicted molar refractivity (Wildman–Crippen MR) is 76.2 cm³/mol. The van der Waals surface area contributed by atoms with Crippen LogP contribution in [0.3, 0.4) is 0 Å². The van der Waals surface area contributed by atoms with Crippen molar-refractivity contribution in [1.82, 2.24) is 5.32 Å². The van der Waals surface area contributed by atoms with Gasteiger partial charge in [-0.15, -0.1) is 0 Å². The summed E-state index contributed by atoms with van der Waals surface area (Å²) < 4.78 is 39.0.